The zero-order valence-electron chi connectivity index (χ0n) is 11.3. The Morgan fingerprint density at radius 1 is 1.43 bits per heavy atom. The molecular formula is C14H13ClFN3O2. The van der Waals surface area contributed by atoms with Crippen molar-refractivity contribution in [3.05, 3.63) is 51.2 Å². The molecule has 0 saturated carbocycles. The summed E-state index contributed by atoms with van der Waals surface area (Å²) >= 11 is 6.11. The number of hydrogen-bond acceptors (Lipinski definition) is 4. The number of para-hydroxylation sites is 1. The van der Waals surface area contributed by atoms with E-state index in [0.29, 0.717) is 30.9 Å². The maximum absolute atomic E-state index is 13.7. The molecule has 0 saturated heterocycles. The molecule has 0 radical (unpaired) electrons. The summed E-state index contributed by atoms with van der Waals surface area (Å²) in [6, 6.07) is 4.78. The first-order valence-corrected chi connectivity index (χ1v) is 6.82. The normalized spacial score (nSPS) is 14.3. The highest BCUT2D eigenvalue weighted by Gasteiger charge is 2.21. The van der Waals surface area contributed by atoms with Crippen LogP contribution in [-0.4, -0.2) is 22.9 Å². The van der Waals surface area contributed by atoms with Crippen molar-refractivity contribution in [3.8, 4) is 5.75 Å². The van der Waals surface area contributed by atoms with Crippen molar-refractivity contribution in [2.45, 2.75) is 6.54 Å². The van der Waals surface area contributed by atoms with Crippen molar-refractivity contribution in [2.75, 3.05) is 18.1 Å². The Kier molecular flexibility index (Phi) is 3.55. The first kappa shape index (κ1) is 13.9. The van der Waals surface area contributed by atoms with Crippen LogP contribution in [0.5, 0.6) is 5.75 Å². The fourth-order valence-electron chi connectivity index (χ4n) is 2.31. The third-order valence-electron chi connectivity index (χ3n) is 3.42. The van der Waals surface area contributed by atoms with Gasteiger partial charge in [-0.3, -0.25) is 4.79 Å². The molecule has 0 bridgehead atoms. The van der Waals surface area contributed by atoms with Gasteiger partial charge >= 0.3 is 0 Å². The second-order valence-electron chi connectivity index (χ2n) is 4.77. The summed E-state index contributed by atoms with van der Waals surface area (Å²) in [5.41, 5.74) is 0.878. The second kappa shape index (κ2) is 5.37. The van der Waals surface area contributed by atoms with Crippen LogP contribution in [-0.2, 0) is 13.6 Å². The van der Waals surface area contributed by atoms with E-state index in [-0.39, 0.29) is 22.1 Å². The number of halogens is 2. The molecule has 2 aromatic rings. The third-order valence-corrected chi connectivity index (χ3v) is 3.77. The molecule has 1 aliphatic rings. The average Bonchev–Trinajstić information content (AvgIpc) is 2.68. The van der Waals surface area contributed by atoms with Gasteiger partial charge in [0.05, 0.1) is 18.4 Å². The molecule has 21 heavy (non-hydrogen) atoms. The van der Waals surface area contributed by atoms with Crippen LogP contribution >= 0.6 is 11.6 Å². The minimum Gasteiger partial charge on any atom is -0.488 e. The number of anilines is 1. The molecule has 0 fully saturated rings. The summed E-state index contributed by atoms with van der Waals surface area (Å²) in [7, 11) is 1.54. The molecule has 5 nitrogen and oxygen atoms in total. The van der Waals surface area contributed by atoms with E-state index in [9.17, 15) is 9.18 Å². The van der Waals surface area contributed by atoms with Crippen molar-refractivity contribution >= 4 is 17.3 Å². The molecule has 0 N–H and O–H groups in total. The van der Waals surface area contributed by atoms with Gasteiger partial charge in [-0.2, -0.15) is 5.10 Å². The Morgan fingerprint density at radius 2 is 2.24 bits per heavy atom. The van der Waals surface area contributed by atoms with Crippen LogP contribution in [0.2, 0.25) is 5.02 Å². The molecule has 0 spiro atoms. The first-order valence-electron chi connectivity index (χ1n) is 6.45. The van der Waals surface area contributed by atoms with Crippen LogP contribution in [0.3, 0.4) is 0 Å². The van der Waals surface area contributed by atoms with Gasteiger partial charge in [-0.25, -0.2) is 9.07 Å². The summed E-state index contributed by atoms with van der Waals surface area (Å²) in [6.07, 6.45) is 1.54. The molecular weight excluding hydrogens is 297 g/mol. The van der Waals surface area contributed by atoms with Gasteiger partial charge in [-0.15, -0.1) is 0 Å². The highest BCUT2D eigenvalue weighted by molar-refractivity contribution is 6.33. The van der Waals surface area contributed by atoms with Crippen LogP contribution in [0, 0.1) is 5.82 Å². The van der Waals surface area contributed by atoms with Crippen molar-refractivity contribution < 1.29 is 9.13 Å². The number of hydrogen-bond donors (Lipinski definition) is 0. The summed E-state index contributed by atoms with van der Waals surface area (Å²) in [6.45, 7) is 1.20. The van der Waals surface area contributed by atoms with E-state index in [1.807, 2.05) is 4.90 Å². The summed E-state index contributed by atoms with van der Waals surface area (Å²) < 4.78 is 20.4. The largest absolute Gasteiger partial charge is 0.488 e. The van der Waals surface area contributed by atoms with Gasteiger partial charge in [0.2, 0.25) is 0 Å². The standard InChI is InChI=1S/C14H13ClFN3O2/c1-18-14(20)12(15)11(7-17-18)19-5-6-21-13-9(8-19)3-2-4-10(13)16/h2-4,7H,5-6,8H2,1H3. The lowest BCUT2D eigenvalue weighted by molar-refractivity contribution is 0.314. The predicted molar refractivity (Wildman–Crippen MR) is 77.4 cm³/mol. The Hall–Kier alpha value is -2.08. The molecule has 0 atom stereocenters. The van der Waals surface area contributed by atoms with Gasteiger partial charge in [0, 0.05) is 19.2 Å². The second-order valence-corrected chi connectivity index (χ2v) is 5.15. The van der Waals surface area contributed by atoms with Crippen LogP contribution in [0.4, 0.5) is 10.1 Å². The molecule has 0 aliphatic carbocycles. The minimum absolute atomic E-state index is 0.104. The van der Waals surface area contributed by atoms with Gasteiger partial charge < -0.3 is 9.64 Å². The molecule has 1 aromatic carbocycles. The van der Waals surface area contributed by atoms with Gasteiger partial charge in [0.25, 0.3) is 5.56 Å². The molecule has 1 aliphatic heterocycles. The molecule has 110 valence electrons. The Labute approximate surface area is 125 Å². The highest BCUT2D eigenvalue weighted by atomic mass is 35.5. The zero-order valence-corrected chi connectivity index (χ0v) is 12.1. The SMILES string of the molecule is Cn1ncc(N2CCOc3c(F)cccc3C2)c(Cl)c1=O. The van der Waals surface area contributed by atoms with E-state index in [0.717, 1.165) is 0 Å². The molecule has 1 aromatic heterocycles. The van der Waals surface area contributed by atoms with Gasteiger partial charge in [0.15, 0.2) is 11.6 Å². The smallest absolute Gasteiger partial charge is 0.287 e. The quantitative estimate of drug-likeness (QED) is 0.808. The maximum atomic E-state index is 13.7. The van der Waals surface area contributed by atoms with Gasteiger partial charge in [-0.05, 0) is 6.07 Å². The van der Waals surface area contributed by atoms with Crippen molar-refractivity contribution in [1.82, 2.24) is 9.78 Å². The van der Waals surface area contributed by atoms with Gasteiger partial charge in [0.1, 0.15) is 11.6 Å². The Balaban J connectivity index is 2.02. The van der Waals surface area contributed by atoms with Gasteiger partial charge in [-0.1, -0.05) is 23.7 Å². The number of aromatic nitrogens is 2. The van der Waals surface area contributed by atoms with Crippen LogP contribution in [0.15, 0.2) is 29.2 Å². The summed E-state index contributed by atoms with van der Waals surface area (Å²) in [4.78, 5) is 13.7. The molecule has 0 unspecified atom stereocenters. The van der Waals surface area contributed by atoms with Crippen molar-refractivity contribution in [3.63, 3.8) is 0 Å². The summed E-state index contributed by atoms with van der Waals surface area (Å²) in [5, 5.41) is 4.09. The van der Waals surface area contributed by atoms with Crippen LogP contribution in [0.25, 0.3) is 0 Å². The summed E-state index contributed by atoms with van der Waals surface area (Å²) in [5.74, 6) is -0.129. The molecule has 2 heterocycles. The molecule has 3 rings (SSSR count). The zero-order chi connectivity index (χ0) is 15.0. The minimum atomic E-state index is -0.387. The first-order chi connectivity index (χ1) is 10.1. The fourth-order valence-corrected chi connectivity index (χ4v) is 2.60. The van der Waals surface area contributed by atoms with E-state index in [1.54, 1.807) is 12.1 Å². The lowest BCUT2D eigenvalue weighted by atomic mass is 10.2. The number of ether oxygens (including phenoxy) is 1. The molecule has 7 heteroatoms. The third kappa shape index (κ3) is 2.47. The van der Waals surface area contributed by atoms with E-state index < -0.39 is 0 Å². The van der Waals surface area contributed by atoms with E-state index in [4.69, 9.17) is 16.3 Å². The van der Waals surface area contributed by atoms with Crippen LogP contribution in [0.1, 0.15) is 5.56 Å². The van der Waals surface area contributed by atoms with Crippen molar-refractivity contribution in [1.29, 1.82) is 0 Å². The lowest BCUT2D eigenvalue weighted by Crippen LogP contribution is -2.29. The van der Waals surface area contributed by atoms with E-state index in [2.05, 4.69) is 5.10 Å². The average molecular weight is 310 g/mol. The van der Waals surface area contributed by atoms with E-state index in [1.165, 1.54) is 24.0 Å². The molecule has 0 amide bonds. The lowest BCUT2D eigenvalue weighted by Gasteiger charge is -2.22. The predicted octanol–water partition coefficient (Wildman–Crippen LogP) is 1.97. The van der Waals surface area contributed by atoms with Crippen LogP contribution < -0.4 is 15.2 Å². The Morgan fingerprint density at radius 3 is 3.05 bits per heavy atom. The number of aryl methyl sites for hydroxylation is 1. The Bertz CT molecular complexity index is 747. The number of rotatable bonds is 1. The number of nitrogens with zero attached hydrogens (tertiary/aromatic N) is 3. The van der Waals surface area contributed by atoms with E-state index >= 15 is 0 Å². The fraction of sp³-hybridized carbons (Fsp3) is 0.286. The number of benzene rings is 1. The number of fused-ring (bicyclic) bond motifs is 1. The monoisotopic (exact) mass is 309 g/mol. The highest BCUT2D eigenvalue weighted by Crippen LogP contribution is 2.30. The maximum Gasteiger partial charge on any atom is 0.287 e. The van der Waals surface area contributed by atoms with Crippen molar-refractivity contribution in [2.24, 2.45) is 7.05 Å². The topological polar surface area (TPSA) is 47.4 Å².